The summed E-state index contributed by atoms with van der Waals surface area (Å²) >= 11 is 7.14. The van der Waals surface area contributed by atoms with E-state index >= 15 is 0 Å². The van der Waals surface area contributed by atoms with Crippen LogP contribution in [0.3, 0.4) is 0 Å². The lowest BCUT2D eigenvalue weighted by Crippen LogP contribution is -2.23. The molecule has 0 aliphatic carbocycles. The fourth-order valence-electron chi connectivity index (χ4n) is 1.72. The van der Waals surface area contributed by atoms with Gasteiger partial charge in [0, 0.05) is 21.2 Å². The fraction of sp³-hybridized carbons (Fsp3) is 0.0667. The summed E-state index contributed by atoms with van der Waals surface area (Å²) in [7, 11) is 0. The summed E-state index contributed by atoms with van der Waals surface area (Å²) in [5, 5.41) is 2.88. The van der Waals surface area contributed by atoms with E-state index in [0.717, 1.165) is 14.7 Å². The molecule has 0 bridgehead atoms. The maximum absolute atomic E-state index is 12.0. The molecule has 3 nitrogen and oxygen atoms in total. The van der Waals surface area contributed by atoms with Gasteiger partial charge in [0.15, 0.2) is 0 Å². The van der Waals surface area contributed by atoms with E-state index in [1.807, 2.05) is 48.5 Å². The highest BCUT2D eigenvalue weighted by atomic mass is 127. The first kappa shape index (κ1) is 14.9. The Hall–Kier alpha value is -1.47. The number of carbonyl (C=O) groups excluding carboxylic acids is 1. The molecule has 0 aromatic heterocycles. The number of nitrogens with two attached hydrogens (primary N) is 1. The van der Waals surface area contributed by atoms with Gasteiger partial charge in [0.25, 0.3) is 5.91 Å². The molecule has 0 saturated carbocycles. The van der Waals surface area contributed by atoms with Crippen molar-refractivity contribution < 1.29 is 4.79 Å². The molecule has 1 amide bonds. The first-order chi connectivity index (χ1) is 9.56. The minimum absolute atomic E-state index is 0.0953. The van der Waals surface area contributed by atoms with Crippen LogP contribution in [0.2, 0.25) is 0 Å². The fourth-order valence-corrected chi connectivity index (χ4v) is 2.21. The molecular weight excluding hydrogens is 383 g/mol. The lowest BCUT2D eigenvalue weighted by atomic mass is 10.1. The number of amides is 1. The third-order valence-electron chi connectivity index (χ3n) is 2.77. The lowest BCUT2D eigenvalue weighted by molar-refractivity contribution is 0.0951. The molecule has 0 heterocycles. The third kappa shape index (κ3) is 4.01. The molecule has 0 spiro atoms. The highest BCUT2D eigenvalue weighted by Gasteiger charge is 2.05. The van der Waals surface area contributed by atoms with Gasteiger partial charge >= 0.3 is 0 Å². The van der Waals surface area contributed by atoms with E-state index in [9.17, 15) is 4.79 Å². The van der Waals surface area contributed by atoms with Crippen LogP contribution in [-0.4, -0.2) is 10.9 Å². The van der Waals surface area contributed by atoms with Crippen LogP contribution in [0.25, 0.3) is 0 Å². The minimum Gasteiger partial charge on any atom is -0.389 e. The standard InChI is InChI=1S/C15H13IN2OS/c16-13-6-4-11(5-7-13)15(19)18-9-10-2-1-3-12(8-10)14(17)20/h1-8H,9H2,(H2,17,20)(H,18,19). The van der Waals surface area contributed by atoms with E-state index in [4.69, 9.17) is 18.0 Å². The number of nitrogens with one attached hydrogen (secondary N) is 1. The summed E-state index contributed by atoms with van der Waals surface area (Å²) in [6.45, 7) is 0.446. The van der Waals surface area contributed by atoms with Gasteiger partial charge in [-0.2, -0.15) is 0 Å². The van der Waals surface area contributed by atoms with Gasteiger partial charge in [-0.05, 0) is 58.5 Å². The molecule has 0 atom stereocenters. The van der Waals surface area contributed by atoms with Crippen molar-refractivity contribution in [3.8, 4) is 0 Å². The summed E-state index contributed by atoms with van der Waals surface area (Å²) < 4.78 is 1.10. The Kier molecular flexibility index (Phi) is 5.08. The molecule has 2 aromatic carbocycles. The summed E-state index contributed by atoms with van der Waals surface area (Å²) in [5.74, 6) is -0.0953. The number of halogens is 1. The van der Waals surface area contributed by atoms with Gasteiger partial charge in [-0.25, -0.2) is 0 Å². The van der Waals surface area contributed by atoms with Crippen LogP contribution in [0.5, 0.6) is 0 Å². The predicted molar refractivity (Wildman–Crippen MR) is 92.7 cm³/mol. The summed E-state index contributed by atoms with van der Waals surface area (Å²) in [4.78, 5) is 12.3. The molecule has 0 aliphatic rings. The minimum atomic E-state index is -0.0953. The molecule has 0 saturated heterocycles. The molecule has 102 valence electrons. The molecule has 3 N–H and O–H groups in total. The van der Waals surface area contributed by atoms with Crippen molar-refractivity contribution in [1.29, 1.82) is 0 Å². The van der Waals surface area contributed by atoms with E-state index in [2.05, 4.69) is 27.9 Å². The third-order valence-corrected chi connectivity index (χ3v) is 3.73. The average Bonchev–Trinajstić information content (AvgIpc) is 2.46. The Morgan fingerprint density at radius 1 is 1.15 bits per heavy atom. The second-order valence-corrected chi connectivity index (χ2v) is 5.94. The van der Waals surface area contributed by atoms with Crippen molar-refractivity contribution in [2.45, 2.75) is 6.54 Å². The zero-order valence-corrected chi connectivity index (χ0v) is 13.6. The molecule has 20 heavy (non-hydrogen) atoms. The Labute approximate surface area is 136 Å². The molecule has 0 unspecified atom stereocenters. The molecule has 0 fully saturated rings. The van der Waals surface area contributed by atoms with Gasteiger partial charge in [0.05, 0.1) is 0 Å². The molecule has 2 aromatic rings. The molecule has 5 heteroatoms. The monoisotopic (exact) mass is 396 g/mol. The largest absolute Gasteiger partial charge is 0.389 e. The highest BCUT2D eigenvalue weighted by molar-refractivity contribution is 14.1. The Bertz CT molecular complexity index is 641. The summed E-state index contributed by atoms with van der Waals surface area (Å²) in [6.07, 6.45) is 0. The molecular formula is C15H13IN2OS. The van der Waals surface area contributed by atoms with Gasteiger partial charge in [0.1, 0.15) is 4.99 Å². The number of benzene rings is 2. The smallest absolute Gasteiger partial charge is 0.251 e. The van der Waals surface area contributed by atoms with Crippen LogP contribution in [-0.2, 0) is 6.54 Å². The zero-order valence-electron chi connectivity index (χ0n) is 10.6. The van der Waals surface area contributed by atoms with Crippen molar-refractivity contribution in [3.63, 3.8) is 0 Å². The van der Waals surface area contributed by atoms with Crippen LogP contribution in [0.15, 0.2) is 48.5 Å². The van der Waals surface area contributed by atoms with Gasteiger partial charge in [-0.1, -0.05) is 30.4 Å². The number of thiocarbonyl (C=S) groups is 1. The van der Waals surface area contributed by atoms with Crippen molar-refractivity contribution in [3.05, 3.63) is 68.8 Å². The number of carbonyl (C=O) groups is 1. The van der Waals surface area contributed by atoms with Gasteiger partial charge in [0.2, 0.25) is 0 Å². The average molecular weight is 396 g/mol. The number of hydrogen-bond acceptors (Lipinski definition) is 2. The van der Waals surface area contributed by atoms with Crippen molar-refractivity contribution >= 4 is 45.7 Å². The van der Waals surface area contributed by atoms with E-state index in [1.165, 1.54) is 0 Å². The van der Waals surface area contributed by atoms with E-state index in [-0.39, 0.29) is 5.91 Å². The van der Waals surface area contributed by atoms with Gasteiger partial charge < -0.3 is 11.1 Å². The van der Waals surface area contributed by atoms with Gasteiger partial charge in [-0.15, -0.1) is 0 Å². The first-order valence-electron chi connectivity index (χ1n) is 5.99. The van der Waals surface area contributed by atoms with Crippen LogP contribution >= 0.6 is 34.8 Å². The van der Waals surface area contributed by atoms with Crippen LogP contribution in [0, 0.1) is 3.57 Å². The number of rotatable bonds is 4. The number of hydrogen-bond donors (Lipinski definition) is 2. The van der Waals surface area contributed by atoms with Crippen LogP contribution in [0.4, 0.5) is 0 Å². The zero-order chi connectivity index (χ0) is 14.5. The van der Waals surface area contributed by atoms with Crippen LogP contribution in [0.1, 0.15) is 21.5 Å². The summed E-state index contributed by atoms with van der Waals surface area (Å²) in [6, 6.07) is 15.0. The van der Waals surface area contributed by atoms with Gasteiger partial charge in [-0.3, -0.25) is 4.79 Å². The Morgan fingerprint density at radius 3 is 2.50 bits per heavy atom. The van der Waals surface area contributed by atoms with Crippen molar-refractivity contribution in [2.24, 2.45) is 5.73 Å². The molecule has 0 aliphatic heterocycles. The predicted octanol–water partition coefficient (Wildman–Crippen LogP) is 2.86. The van der Waals surface area contributed by atoms with Crippen LogP contribution < -0.4 is 11.1 Å². The quantitative estimate of drug-likeness (QED) is 0.618. The molecule has 0 radical (unpaired) electrons. The summed E-state index contributed by atoms with van der Waals surface area (Å²) in [5.41, 5.74) is 8.01. The Morgan fingerprint density at radius 2 is 1.85 bits per heavy atom. The Balaban J connectivity index is 2.01. The topological polar surface area (TPSA) is 55.1 Å². The first-order valence-corrected chi connectivity index (χ1v) is 7.47. The lowest BCUT2D eigenvalue weighted by Gasteiger charge is -2.07. The second-order valence-electron chi connectivity index (χ2n) is 4.25. The maximum Gasteiger partial charge on any atom is 0.251 e. The maximum atomic E-state index is 12.0. The molecule has 2 rings (SSSR count). The van der Waals surface area contributed by atoms with Crippen molar-refractivity contribution in [2.75, 3.05) is 0 Å². The SMILES string of the molecule is NC(=S)c1cccc(CNC(=O)c2ccc(I)cc2)c1. The highest BCUT2D eigenvalue weighted by Crippen LogP contribution is 2.08. The normalized spacial score (nSPS) is 10.1. The van der Waals surface area contributed by atoms with E-state index in [0.29, 0.717) is 17.1 Å². The van der Waals surface area contributed by atoms with E-state index < -0.39 is 0 Å². The van der Waals surface area contributed by atoms with Crippen molar-refractivity contribution in [1.82, 2.24) is 5.32 Å². The van der Waals surface area contributed by atoms with E-state index in [1.54, 1.807) is 0 Å². The second kappa shape index (κ2) is 6.81.